The van der Waals surface area contributed by atoms with Gasteiger partial charge in [0, 0.05) is 5.56 Å². The molecule has 0 aromatic heterocycles. The zero-order chi connectivity index (χ0) is 23.2. The Morgan fingerprint density at radius 2 is 1.86 bits per heavy atom. The fourth-order valence-corrected chi connectivity index (χ4v) is 3.15. The number of nitrogens with two attached hydrogens (primary N) is 1. The number of ether oxygens (including phenoxy) is 1. The van der Waals surface area contributed by atoms with E-state index in [2.05, 4.69) is 4.18 Å². The molecule has 0 amide bonds. The van der Waals surface area contributed by atoms with Crippen LogP contribution in [0.2, 0.25) is 0 Å². The van der Waals surface area contributed by atoms with E-state index < -0.39 is 56.6 Å². The molecule has 0 saturated carbocycles. The Morgan fingerprint density at radius 3 is 2.50 bits per heavy atom. The molecule has 6 nitrogen and oxygen atoms in total. The van der Waals surface area contributed by atoms with Crippen molar-refractivity contribution in [3.05, 3.63) is 82.9 Å². The highest BCUT2D eigenvalue weighted by Gasteiger charge is 2.40. The second kappa shape index (κ2) is 7.19. The Kier molecular flexibility index (Phi) is 4.11. The Hall–Kier alpha value is -3.01. The summed E-state index contributed by atoms with van der Waals surface area (Å²) >= 11 is 0. The van der Waals surface area contributed by atoms with Crippen molar-refractivity contribution < 1.29 is 39.4 Å². The molecular weight excluding hydrogens is 399 g/mol. The lowest BCUT2D eigenvalue weighted by Gasteiger charge is -2.13. The molecule has 2 N–H and O–H groups in total. The van der Waals surface area contributed by atoms with Crippen molar-refractivity contribution in [2.24, 2.45) is 5.73 Å². The maximum absolute atomic E-state index is 13.0. The van der Waals surface area contributed by atoms with Gasteiger partial charge >= 0.3 is 16.3 Å². The molecule has 0 spiro atoms. The third-order valence-electron chi connectivity index (χ3n) is 3.51. The summed E-state index contributed by atoms with van der Waals surface area (Å²) in [6.07, 6.45) is -7.63. The summed E-state index contributed by atoms with van der Waals surface area (Å²) in [5.74, 6) is -3.69. The Balaban J connectivity index is 1.95. The van der Waals surface area contributed by atoms with Gasteiger partial charge < -0.3 is 14.7 Å². The minimum atomic E-state index is -5.19. The largest absolute Gasteiger partial charge is 0.460 e. The first-order valence-electron chi connectivity index (χ1n) is 9.11. The van der Waals surface area contributed by atoms with Gasteiger partial charge in [-0.1, -0.05) is 42.5 Å². The van der Waals surface area contributed by atoms with Gasteiger partial charge in [0.2, 0.25) is 17.4 Å². The molecule has 28 heavy (non-hydrogen) atoms. The third kappa shape index (κ3) is 4.28. The van der Waals surface area contributed by atoms with Crippen LogP contribution in [0.15, 0.2) is 66.2 Å². The molecule has 10 heteroatoms. The highest BCUT2D eigenvalue weighted by molar-refractivity contribution is 7.86. The molecule has 0 radical (unpaired) electrons. The van der Waals surface area contributed by atoms with E-state index >= 15 is 0 Å². The first-order valence-corrected chi connectivity index (χ1v) is 9.02. The standard InChI is InChI=1S/C18H14F3NO5S/c19-18(20,21)13-8-4-7-12(9-13)15-14(23)16(17(22)26-15)27-28(24,25)10-11-5-2-1-3-6-11/h1-9,15H,10,22H2/t15-/m1/s1/i10D2,15D. The van der Waals surface area contributed by atoms with Gasteiger partial charge in [-0.05, 0) is 17.7 Å². The van der Waals surface area contributed by atoms with E-state index in [1.807, 2.05) is 0 Å². The van der Waals surface area contributed by atoms with E-state index in [9.17, 15) is 26.4 Å². The number of Topliss-reactive ketones (excluding diaryl/α,β-unsaturated/α-hetero) is 1. The maximum Gasteiger partial charge on any atom is 0.416 e. The molecule has 2 aromatic carbocycles. The fourth-order valence-electron chi connectivity index (χ4n) is 2.30. The number of halogens is 3. The average molecular weight is 416 g/mol. The molecular formula is C18H14F3NO5S. The van der Waals surface area contributed by atoms with Gasteiger partial charge in [0.05, 0.1) is 9.68 Å². The smallest absolute Gasteiger partial charge is 0.416 e. The molecule has 1 aliphatic heterocycles. The van der Waals surface area contributed by atoms with Crippen LogP contribution in [-0.2, 0) is 35.7 Å². The van der Waals surface area contributed by atoms with Gasteiger partial charge in [0.1, 0.15) is 5.70 Å². The van der Waals surface area contributed by atoms with Crippen LogP contribution >= 0.6 is 0 Å². The molecule has 1 aliphatic rings. The number of benzene rings is 2. The topological polar surface area (TPSA) is 95.7 Å². The van der Waals surface area contributed by atoms with E-state index in [-0.39, 0.29) is 5.56 Å². The summed E-state index contributed by atoms with van der Waals surface area (Å²) in [5, 5.41) is 0. The van der Waals surface area contributed by atoms with Crippen LogP contribution in [0.1, 0.15) is 26.9 Å². The Bertz CT molecular complexity index is 1170. The predicted molar refractivity (Wildman–Crippen MR) is 91.6 cm³/mol. The maximum atomic E-state index is 13.0. The summed E-state index contributed by atoms with van der Waals surface area (Å²) in [7, 11) is -5.19. The fraction of sp³-hybridized carbons (Fsp3) is 0.167. The second-order valence-electron chi connectivity index (χ2n) is 5.54. The zero-order valence-electron chi connectivity index (χ0n) is 16.9. The van der Waals surface area contributed by atoms with Crippen molar-refractivity contribution in [3.8, 4) is 0 Å². The van der Waals surface area contributed by atoms with Crippen LogP contribution in [-0.4, -0.2) is 14.2 Å². The highest BCUT2D eigenvalue weighted by Crippen LogP contribution is 2.36. The average Bonchev–Trinajstić information content (AvgIpc) is 2.92. The first kappa shape index (κ1) is 16.0. The quantitative estimate of drug-likeness (QED) is 0.753. The third-order valence-corrected chi connectivity index (χ3v) is 4.38. The van der Waals surface area contributed by atoms with Crippen LogP contribution in [0.4, 0.5) is 13.2 Å². The number of hydrogen-bond donors (Lipinski definition) is 1. The Labute approximate surface area is 162 Å². The molecule has 1 heterocycles. The SMILES string of the molecule is [2H]C([2H])(c1ccccc1)S(=O)(=O)OC1=C(N)O[C@]([2H])(c2cccc(C(F)(F)F)c2)C1=O. The van der Waals surface area contributed by atoms with Crippen molar-refractivity contribution in [2.45, 2.75) is 18.0 Å². The minimum absolute atomic E-state index is 0.310. The predicted octanol–water partition coefficient (Wildman–Crippen LogP) is 3.02. The zero-order valence-corrected chi connectivity index (χ0v) is 14.7. The lowest BCUT2D eigenvalue weighted by atomic mass is 10.0. The summed E-state index contributed by atoms with van der Waals surface area (Å²) in [4.78, 5) is 12.7. The van der Waals surface area contributed by atoms with E-state index in [1.165, 1.54) is 30.3 Å². The van der Waals surface area contributed by atoms with Gasteiger partial charge in [0.25, 0.3) is 0 Å². The number of alkyl halides is 3. The summed E-state index contributed by atoms with van der Waals surface area (Å²) in [5.41, 5.74) is 0.304. The molecule has 148 valence electrons. The summed E-state index contributed by atoms with van der Waals surface area (Å²) in [6, 6.07) is 9.74. The van der Waals surface area contributed by atoms with Crippen LogP contribution in [0.5, 0.6) is 0 Å². The molecule has 0 saturated heterocycles. The van der Waals surface area contributed by atoms with Crippen molar-refractivity contribution in [2.75, 3.05) is 0 Å². The number of carbonyl (C=O) groups is 1. The Morgan fingerprint density at radius 1 is 1.18 bits per heavy atom. The number of rotatable bonds is 5. The van der Waals surface area contributed by atoms with Gasteiger partial charge in [-0.2, -0.15) is 21.6 Å². The lowest BCUT2D eigenvalue weighted by molar-refractivity contribution is -0.137. The van der Waals surface area contributed by atoms with E-state index in [0.717, 1.165) is 12.1 Å². The van der Waals surface area contributed by atoms with Crippen LogP contribution < -0.4 is 5.73 Å². The van der Waals surface area contributed by atoms with Crippen LogP contribution in [0.25, 0.3) is 0 Å². The van der Waals surface area contributed by atoms with Crippen LogP contribution in [0.3, 0.4) is 0 Å². The van der Waals surface area contributed by atoms with Gasteiger partial charge in [-0.25, -0.2) is 0 Å². The van der Waals surface area contributed by atoms with Gasteiger partial charge in [-0.15, -0.1) is 0 Å². The van der Waals surface area contributed by atoms with Crippen molar-refractivity contribution in [1.29, 1.82) is 0 Å². The summed E-state index contributed by atoms with van der Waals surface area (Å²) < 4.78 is 97.4. The monoisotopic (exact) mass is 416 g/mol. The molecule has 1 atom stereocenters. The minimum Gasteiger partial charge on any atom is -0.460 e. The molecule has 3 rings (SSSR count). The molecule has 2 aromatic rings. The second-order valence-corrected chi connectivity index (χ2v) is 6.82. The number of ketones is 1. The lowest BCUT2D eigenvalue weighted by Crippen LogP contribution is -2.16. The van der Waals surface area contributed by atoms with Crippen molar-refractivity contribution in [3.63, 3.8) is 0 Å². The highest BCUT2D eigenvalue weighted by atomic mass is 32.2. The molecule has 0 aliphatic carbocycles. The van der Waals surface area contributed by atoms with Crippen LogP contribution in [0, 0.1) is 0 Å². The first-order chi connectivity index (χ1) is 14.2. The van der Waals surface area contributed by atoms with E-state index in [0.29, 0.717) is 12.1 Å². The van der Waals surface area contributed by atoms with E-state index in [4.69, 9.17) is 14.6 Å². The number of hydrogen-bond acceptors (Lipinski definition) is 6. The van der Waals surface area contributed by atoms with Gasteiger partial charge in [0.15, 0.2) is 6.08 Å². The number of carbonyl (C=O) groups excluding carboxylic acids is 1. The normalized spacial score (nSPS) is 22.2. The van der Waals surface area contributed by atoms with E-state index in [1.54, 1.807) is 0 Å². The van der Waals surface area contributed by atoms with Crippen molar-refractivity contribution in [1.82, 2.24) is 0 Å². The van der Waals surface area contributed by atoms with Gasteiger partial charge in [-0.3, -0.25) is 4.79 Å². The molecule has 0 bridgehead atoms. The summed E-state index contributed by atoms with van der Waals surface area (Å²) in [6.45, 7) is 0. The molecule has 0 fully saturated rings. The molecule has 0 unspecified atom stereocenters. The van der Waals surface area contributed by atoms with Crippen molar-refractivity contribution >= 4 is 15.9 Å².